The van der Waals surface area contributed by atoms with Crippen molar-refractivity contribution in [2.75, 3.05) is 0 Å². The van der Waals surface area contributed by atoms with Gasteiger partial charge in [0.2, 0.25) is 0 Å². The van der Waals surface area contributed by atoms with Crippen molar-refractivity contribution in [2.24, 2.45) is 0 Å². The summed E-state index contributed by atoms with van der Waals surface area (Å²) in [5, 5.41) is 20.7. The van der Waals surface area contributed by atoms with Crippen molar-refractivity contribution in [2.45, 2.75) is 25.9 Å². The van der Waals surface area contributed by atoms with Gasteiger partial charge in [-0.1, -0.05) is 15.9 Å². The molecule has 2 N–H and O–H groups in total. The Kier molecular flexibility index (Phi) is 3.43. The maximum atomic E-state index is 12.0. The van der Waals surface area contributed by atoms with E-state index in [-0.39, 0.29) is 17.2 Å². The first-order valence-corrected chi connectivity index (χ1v) is 7.12. The second kappa shape index (κ2) is 5.24. The molecule has 1 aliphatic heterocycles. The van der Waals surface area contributed by atoms with Crippen molar-refractivity contribution in [3.8, 4) is 5.75 Å². The fourth-order valence-corrected chi connectivity index (χ4v) is 2.64. The Bertz CT molecular complexity index is 668. The van der Waals surface area contributed by atoms with Gasteiger partial charge in [0.15, 0.2) is 5.82 Å². The molecule has 104 valence electrons. The molecule has 0 atom stereocenters. The monoisotopic (exact) mass is 336 g/mol. The number of rotatable bonds is 3. The Morgan fingerprint density at radius 3 is 3.10 bits per heavy atom. The van der Waals surface area contributed by atoms with E-state index >= 15 is 0 Å². The van der Waals surface area contributed by atoms with Crippen molar-refractivity contribution in [3.05, 3.63) is 39.9 Å². The third-order valence-electron chi connectivity index (χ3n) is 3.30. The summed E-state index contributed by atoms with van der Waals surface area (Å²) >= 11 is 3.24. The third kappa shape index (κ3) is 2.40. The minimum Gasteiger partial charge on any atom is -0.507 e. The first-order chi connectivity index (χ1) is 9.65. The molecule has 0 aliphatic carbocycles. The molecule has 0 saturated carbocycles. The van der Waals surface area contributed by atoms with Crippen LogP contribution < -0.4 is 5.32 Å². The highest BCUT2D eigenvalue weighted by atomic mass is 79.9. The smallest absolute Gasteiger partial charge is 0.255 e. The predicted molar refractivity (Wildman–Crippen MR) is 75.3 cm³/mol. The van der Waals surface area contributed by atoms with Gasteiger partial charge in [0.05, 0.1) is 12.1 Å². The maximum Gasteiger partial charge on any atom is 0.255 e. The second-order valence-electron chi connectivity index (χ2n) is 4.63. The van der Waals surface area contributed by atoms with Crippen molar-refractivity contribution in [1.29, 1.82) is 0 Å². The maximum absolute atomic E-state index is 12.0. The summed E-state index contributed by atoms with van der Waals surface area (Å²) in [6.07, 6.45) is 2.01. The number of phenolic OH excluding ortho intramolecular Hbond substituents is 1. The number of nitrogens with one attached hydrogen (secondary N) is 1. The minimum atomic E-state index is -0.328. The molecule has 0 spiro atoms. The van der Waals surface area contributed by atoms with Gasteiger partial charge in [-0.15, -0.1) is 10.2 Å². The summed E-state index contributed by atoms with van der Waals surface area (Å²) in [6.45, 7) is 1.21. The highest BCUT2D eigenvalue weighted by Gasteiger charge is 2.18. The predicted octanol–water partition coefficient (Wildman–Crippen LogP) is 1.62. The number of phenols is 1. The van der Waals surface area contributed by atoms with E-state index in [0.29, 0.717) is 6.54 Å². The van der Waals surface area contributed by atoms with Gasteiger partial charge in [-0.2, -0.15) is 0 Å². The van der Waals surface area contributed by atoms with Crippen LogP contribution >= 0.6 is 15.9 Å². The molecule has 7 heteroatoms. The molecule has 20 heavy (non-hydrogen) atoms. The van der Waals surface area contributed by atoms with E-state index in [1.807, 2.05) is 4.57 Å². The fraction of sp³-hybridized carbons (Fsp3) is 0.308. The first kappa shape index (κ1) is 13.1. The van der Waals surface area contributed by atoms with Gasteiger partial charge in [-0.05, 0) is 24.6 Å². The van der Waals surface area contributed by atoms with Gasteiger partial charge in [0.1, 0.15) is 11.6 Å². The summed E-state index contributed by atoms with van der Waals surface area (Å²) in [5.74, 6) is 1.34. The van der Waals surface area contributed by atoms with Crippen LogP contribution in [-0.2, 0) is 19.5 Å². The standard InChI is InChI=1S/C13H13BrN4O2/c14-8-3-4-9(10(19)6-8)13(20)15-7-12-17-16-11-2-1-5-18(11)12/h3-4,6,19H,1-2,5,7H2,(H,15,20). The van der Waals surface area contributed by atoms with Crippen molar-refractivity contribution in [1.82, 2.24) is 20.1 Å². The normalized spacial score (nSPS) is 13.2. The number of hydrogen-bond donors (Lipinski definition) is 2. The Labute approximate surface area is 124 Å². The average molecular weight is 337 g/mol. The summed E-state index contributed by atoms with van der Waals surface area (Å²) in [5.41, 5.74) is 0.245. The number of aromatic nitrogens is 3. The zero-order valence-electron chi connectivity index (χ0n) is 10.6. The fourth-order valence-electron chi connectivity index (χ4n) is 2.29. The van der Waals surface area contributed by atoms with Gasteiger partial charge in [-0.25, -0.2) is 0 Å². The number of halogens is 1. The second-order valence-corrected chi connectivity index (χ2v) is 5.55. The zero-order valence-corrected chi connectivity index (χ0v) is 12.2. The number of hydrogen-bond acceptors (Lipinski definition) is 4. The summed E-state index contributed by atoms with van der Waals surface area (Å²) in [4.78, 5) is 12.0. The summed E-state index contributed by atoms with van der Waals surface area (Å²) in [7, 11) is 0. The van der Waals surface area contributed by atoms with Crippen molar-refractivity contribution < 1.29 is 9.90 Å². The molecule has 0 fully saturated rings. The Morgan fingerprint density at radius 2 is 2.30 bits per heavy atom. The first-order valence-electron chi connectivity index (χ1n) is 6.33. The van der Waals surface area contributed by atoms with Crippen LogP contribution in [0.25, 0.3) is 0 Å². The number of nitrogens with zero attached hydrogens (tertiary/aromatic N) is 3. The highest BCUT2D eigenvalue weighted by molar-refractivity contribution is 9.10. The van der Waals surface area contributed by atoms with E-state index in [0.717, 1.165) is 35.5 Å². The van der Waals surface area contributed by atoms with E-state index in [1.54, 1.807) is 12.1 Å². The van der Waals surface area contributed by atoms with E-state index < -0.39 is 0 Å². The molecule has 0 unspecified atom stereocenters. The molecule has 3 rings (SSSR count). The van der Waals surface area contributed by atoms with Crippen LogP contribution in [0.1, 0.15) is 28.4 Å². The Balaban J connectivity index is 1.70. The lowest BCUT2D eigenvalue weighted by Gasteiger charge is -2.07. The molecule has 0 radical (unpaired) electrons. The van der Waals surface area contributed by atoms with Crippen molar-refractivity contribution >= 4 is 21.8 Å². The van der Waals surface area contributed by atoms with Gasteiger partial charge in [0.25, 0.3) is 5.91 Å². The number of benzene rings is 1. The number of aromatic hydroxyl groups is 1. The zero-order chi connectivity index (χ0) is 14.1. The molecule has 0 saturated heterocycles. The van der Waals surface area contributed by atoms with E-state index in [4.69, 9.17) is 0 Å². The molecule has 0 bridgehead atoms. The number of amides is 1. The molecule has 2 aromatic rings. The molecule has 1 aromatic carbocycles. The molecular weight excluding hydrogens is 324 g/mol. The molecule has 6 nitrogen and oxygen atoms in total. The van der Waals surface area contributed by atoms with Crippen molar-refractivity contribution in [3.63, 3.8) is 0 Å². The largest absolute Gasteiger partial charge is 0.507 e. The molecular formula is C13H13BrN4O2. The lowest BCUT2D eigenvalue weighted by Crippen LogP contribution is -2.24. The molecule has 1 aromatic heterocycles. The lowest BCUT2D eigenvalue weighted by atomic mass is 10.2. The average Bonchev–Trinajstić information content (AvgIpc) is 2.99. The van der Waals surface area contributed by atoms with Crippen LogP contribution in [0, 0.1) is 0 Å². The summed E-state index contributed by atoms with van der Waals surface area (Å²) in [6, 6.07) is 4.77. The van der Waals surface area contributed by atoms with Gasteiger partial charge >= 0.3 is 0 Å². The lowest BCUT2D eigenvalue weighted by molar-refractivity contribution is 0.0947. The highest BCUT2D eigenvalue weighted by Crippen LogP contribution is 2.22. The quantitative estimate of drug-likeness (QED) is 0.892. The number of carbonyl (C=O) groups is 1. The topological polar surface area (TPSA) is 80.0 Å². The Hall–Kier alpha value is -1.89. The Morgan fingerprint density at radius 1 is 1.45 bits per heavy atom. The molecule has 1 aliphatic rings. The molecule has 2 heterocycles. The van der Waals surface area contributed by atoms with Crippen LogP contribution in [-0.4, -0.2) is 25.8 Å². The van der Waals surface area contributed by atoms with Crippen LogP contribution in [0.4, 0.5) is 0 Å². The SMILES string of the molecule is O=C(NCc1nnc2n1CCC2)c1ccc(Br)cc1O. The summed E-state index contributed by atoms with van der Waals surface area (Å²) < 4.78 is 2.75. The van der Waals surface area contributed by atoms with E-state index in [2.05, 4.69) is 31.4 Å². The van der Waals surface area contributed by atoms with Crippen LogP contribution in [0.3, 0.4) is 0 Å². The van der Waals surface area contributed by atoms with Crippen LogP contribution in [0.5, 0.6) is 5.75 Å². The van der Waals surface area contributed by atoms with E-state index in [1.165, 1.54) is 6.07 Å². The number of carbonyl (C=O) groups excluding carboxylic acids is 1. The van der Waals surface area contributed by atoms with Crippen LogP contribution in [0.15, 0.2) is 22.7 Å². The number of aryl methyl sites for hydroxylation is 1. The number of fused-ring (bicyclic) bond motifs is 1. The van der Waals surface area contributed by atoms with Gasteiger partial charge in [-0.3, -0.25) is 4.79 Å². The van der Waals surface area contributed by atoms with Crippen LogP contribution in [0.2, 0.25) is 0 Å². The van der Waals surface area contributed by atoms with E-state index in [9.17, 15) is 9.90 Å². The third-order valence-corrected chi connectivity index (χ3v) is 3.79. The van der Waals surface area contributed by atoms with Gasteiger partial charge < -0.3 is 15.0 Å². The molecule has 1 amide bonds. The van der Waals surface area contributed by atoms with Gasteiger partial charge in [0, 0.05) is 17.4 Å². The minimum absolute atomic E-state index is 0.0525.